The van der Waals surface area contributed by atoms with Crippen LogP contribution >= 0.6 is 0 Å². The molecule has 0 saturated heterocycles. The van der Waals surface area contributed by atoms with E-state index < -0.39 is 24.5 Å². The van der Waals surface area contributed by atoms with Crippen LogP contribution in [0, 0.1) is 0 Å². The number of aromatic amines is 1. The van der Waals surface area contributed by atoms with E-state index in [4.69, 9.17) is 5.11 Å². The van der Waals surface area contributed by atoms with Crippen LogP contribution < -0.4 is 16.0 Å². The molecule has 0 unspecified atom stereocenters. The number of carboxylic acids is 1. The van der Waals surface area contributed by atoms with Crippen molar-refractivity contribution >= 4 is 17.9 Å². The third-order valence-corrected chi connectivity index (χ3v) is 2.19. The van der Waals surface area contributed by atoms with Crippen LogP contribution in [-0.4, -0.2) is 57.8 Å². The van der Waals surface area contributed by atoms with Crippen LogP contribution in [0.25, 0.3) is 0 Å². The van der Waals surface area contributed by atoms with E-state index in [0.29, 0.717) is 19.4 Å². The predicted molar refractivity (Wildman–Crippen MR) is 66.8 cm³/mol. The van der Waals surface area contributed by atoms with Gasteiger partial charge in [-0.3, -0.25) is 14.7 Å². The van der Waals surface area contributed by atoms with E-state index in [2.05, 4.69) is 31.1 Å². The highest BCUT2D eigenvalue weighted by atomic mass is 16.4. The number of aryl methyl sites for hydroxylation is 1. The fraction of sp³-hybridized carbons (Fsp3) is 0.500. The molecular formula is C10H16N6O4. The Labute approximate surface area is 114 Å². The summed E-state index contributed by atoms with van der Waals surface area (Å²) in [7, 11) is 0. The third kappa shape index (κ3) is 6.93. The number of amides is 3. The Hall–Kier alpha value is -2.65. The molecule has 5 N–H and O–H groups in total. The molecule has 0 aromatic carbocycles. The summed E-state index contributed by atoms with van der Waals surface area (Å²) in [5.41, 5.74) is 0. The molecule has 1 heterocycles. The van der Waals surface area contributed by atoms with E-state index in [-0.39, 0.29) is 6.54 Å². The van der Waals surface area contributed by atoms with Gasteiger partial charge < -0.3 is 21.1 Å². The molecule has 110 valence electrons. The first-order chi connectivity index (χ1) is 9.58. The average molecular weight is 284 g/mol. The largest absolute Gasteiger partial charge is 0.480 e. The van der Waals surface area contributed by atoms with Crippen molar-refractivity contribution in [2.24, 2.45) is 0 Å². The number of nitrogens with one attached hydrogen (secondary N) is 4. The minimum atomic E-state index is -1.14. The van der Waals surface area contributed by atoms with Crippen molar-refractivity contribution < 1.29 is 19.5 Å². The second kappa shape index (κ2) is 8.45. The minimum Gasteiger partial charge on any atom is -0.480 e. The van der Waals surface area contributed by atoms with E-state index in [1.165, 1.54) is 6.33 Å². The molecule has 10 nitrogen and oxygen atoms in total. The fourth-order valence-corrected chi connectivity index (χ4v) is 1.27. The quantitative estimate of drug-likeness (QED) is 0.357. The maximum atomic E-state index is 11.3. The highest BCUT2D eigenvalue weighted by Crippen LogP contribution is 1.91. The summed E-state index contributed by atoms with van der Waals surface area (Å²) in [6.07, 6.45) is 2.73. The van der Waals surface area contributed by atoms with Crippen LogP contribution in [-0.2, 0) is 16.0 Å². The van der Waals surface area contributed by atoms with Crippen molar-refractivity contribution in [2.45, 2.75) is 12.8 Å². The van der Waals surface area contributed by atoms with E-state index >= 15 is 0 Å². The summed E-state index contributed by atoms with van der Waals surface area (Å²) in [4.78, 5) is 36.5. The van der Waals surface area contributed by atoms with Crippen LogP contribution in [0.4, 0.5) is 4.79 Å². The number of rotatable bonds is 8. The lowest BCUT2D eigenvalue weighted by atomic mass is 10.3. The number of carbonyl (C=O) groups is 3. The second-order valence-corrected chi connectivity index (χ2v) is 3.82. The van der Waals surface area contributed by atoms with Gasteiger partial charge in [-0.25, -0.2) is 9.78 Å². The Morgan fingerprint density at radius 1 is 1.20 bits per heavy atom. The zero-order chi connectivity index (χ0) is 14.8. The van der Waals surface area contributed by atoms with E-state index in [9.17, 15) is 14.4 Å². The first-order valence-electron chi connectivity index (χ1n) is 5.92. The number of H-pyrrole nitrogens is 1. The molecule has 0 saturated carbocycles. The highest BCUT2D eigenvalue weighted by Gasteiger charge is 2.06. The molecule has 0 aliphatic heterocycles. The molecule has 1 aromatic heterocycles. The second-order valence-electron chi connectivity index (χ2n) is 3.82. The van der Waals surface area contributed by atoms with Crippen LogP contribution in [0.2, 0.25) is 0 Å². The van der Waals surface area contributed by atoms with Gasteiger partial charge in [0.05, 0.1) is 6.54 Å². The zero-order valence-corrected chi connectivity index (χ0v) is 10.7. The Balaban J connectivity index is 2.02. The van der Waals surface area contributed by atoms with Crippen LogP contribution in [0.3, 0.4) is 0 Å². The number of aliphatic carboxylic acids is 1. The third-order valence-electron chi connectivity index (χ3n) is 2.19. The molecule has 0 aliphatic rings. The zero-order valence-electron chi connectivity index (χ0n) is 10.7. The lowest BCUT2D eigenvalue weighted by Gasteiger charge is -2.07. The molecular weight excluding hydrogens is 268 g/mol. The van der Waals surface area contributed by atoms with Crippen LogP contribution in [0.5, 0.6) is 0 Å². The van der Waals surface area contributed by atoms with Crippen LogP contribution in [0.1, 0.15) is 12.2 Å². The summed E-state index contributed by atoms with van der Waals surface area (Å²) in [6.45, 7) is -0.330. The first kappa shape index (κ1) is 15.4. The van der Waals surface area contributed by atoms with Gasteiger partial charge >= 0.3 is 12.0 Å². The Kier molecular flexibility index (Phi) is 6.51. The maximum Gasteiger partial charge on any atom is 0.322 e. The summed E-state index contributed by atoms with van der Waals surface area (Å²) < 4.78 is 0. The number of nitrogens with zero attached hydrogens (tertiary/aromatic N) is 2. The van der Waals surface area contributed by atoms with Gasteiger partial charge in [0.15, 0.2) is 0 Å². The average Bonchev–Trinajstić information content (AvgIpc) is 2.92. The summed E-state index contributed by atoms with van der Waals surface area (Å²) >= 11 is 0. The van der Waals surface area contributed by atoms with Gasteiger partial charge in [0.25, 0.3) is 0 Å². The van der Waals surface area contributed by atoms with E-state index in [0.717, 1.165) is 5.82 Å². The maximum absolute atomic E-state index is 11.3. The lowest BCUT2D eigenvalue weighted by Crippen LogP contribution is -2.43. The molecule has 0 bridgehead atoms. The van der Waals surface area contributed by atoms with Gasteiger partial charge in [0, 0.05) is 13.0 Å². The van der Waals surface area contributed by atoms with Crippen molar-refractivity contribution in [1.29, 1.82) is 0 Å². The molecule has 20 heavy (non-hydrogen) atoms. The van der Waals surface area contributed by atoms with Crippen molar-refractivity contribution in [1.82, 2.24) is 31.1 Å². The van der Waals surface area contributed by atoms with Gasteiger partial charge in [0.1, 0.15) is 18.7 Å². The van der Waals surface area contributed by atoms with Gasteiger partial charge in [-0.2, -0.15) is 5.10 Å². The van der Waals surface area contributed by atoms with Gasteiger partial charge in [0.2, 0.25) is 5.91 Å². The van der Waals surface area contributed by atoms with E-state index in [1.54, 1.807) is 0 Å². The Bertz CT molecular complexity index is 447. The summed E-state index contributed by atoms with van der Waals surface area (Å²) in [5, 5.41) is 21.7. The van der Waals surface area contributed by atoms with Crippen LogP contribution in [0.15, 0.2) is 6.33 Å². The minimum absolute atomic E-state index is 0.277. The molecule has 0 atom stereocenters. The first-order valence-corrected chi connectivity index (χ1v) is 5.92. The monoisotopic (exact) mass is 284 g/mol. The van der Waals surface area contributed by atoms with Crippen molar-refractivity contribution in [2.75, 3.05) is 19.6 Å². The lowest BCUT2D eigenvalue weighted by molar-refractivity contribution is -0.137. The summed E-state index contributed by atoms with van der Waals surface area (Å²) in [5.74, 6) is -0.973. The molecule has 0 spiro atoms. The normalized spacial score (nSPS) is 9.80. The fourth-order valence-electron chi connectivity index (χ4n) is 1.27. The summed E-state index contributed by atoms with van der Waals surface area (Å²) in [6, 6.07) is -0.493. The van der Waals surface area contributed by atoms with Gasteiger partial charge in [-0.1, -0.05) is 0 Å². The highest BCUT2D eigenvalue weighted by molar-refractivity contribution is 5.86. The van der Waals surface area contributed by atoms with Gasteiger partial charge in [-0.15, -0.1) is 0 Å². The number of urea groups is 1. The van der Waals surface area contributed by atoms with E-state index in [1.807, 2.05) is 0 Å². The molecule has 0 radical (unpaired) electrons. The number of carbonyl (C=O) groups excluding carboxylic acids is 2. The van der Waals surface area contributed by atoms with Crippen molar-refractivity contribution in [3.05, 3.63) is 12.2 Å². The Morgan fingerprint density at radius 3 is 2.65 bits per heavy atom. The molecule has 10 heteroatoms. The molecule has 0 aliphatic carbocycles. The molecule has 3 amide bonds. The predicted octanol–water partition coefficient (Wildman–Crippen LogP) is -1.76. The smallest absolute Gasteiger partial charge is 0.322 e. The standard InChI is InChI=1S/C10H16N6O4/c17-8(12-5-9(18)19)4-13-10(20)11-3-1-2-7-14-6-15-16-7/h6H,1-5H2,(H,12,17)(H,18,19)(H2,11,13,20)(H,14,15,16). The Morgan fingerprint density at radius 2 is 2.00 bits per heavy atom. The molecule has 1 rings (SSSR count). The van der Waals surface area contributed by atoms with Gasteiger partial charge in [-0.05, 0) is 6.42 Å². The SMILES string of the molecule is O=C(O)CNC(=O)CNC(=O)NCCCc1ncn[nH]1. The molecule has 1 aromatic rings. The number of hydrogen-bond donors (Lipinski definition) is 5. The number of carboxylic acid groups (broad SMARTS) is 1. The number of hydrogen-bond acceptors (Lipinski definition) is 5. The molecule has 0 fully saturated rings. The van der Waals surface area contributed by atoms with Crippen molar-refractivity contribution in [3.8, 4) is 0 Å². The number of aromatic nitrogens is 3. The topological polar surface area (TPSA) is 149 Å². The van der Waals surface area contributed by atoms with Crippen molar-refractivity contribution in [3.63, 3.8) is 0 Å².